The molecule has 17 heavy (non-hydrogen) atoms. The molecule has 0 aliphatic rings. The summed E-state index contributed by atoms with van der Waals surface area (Å²) in [6.07, 6.45) is -4.49. The summed E-state index contributed by atoms with van der Waals surface area (Å²) in [4.78, 5) is 12.5. The molecule has 2 aromatic heterocycles. The van der Waals surface area contributed by atoms with Gasteiger partial charge in [0.2, 0.25) is 0 Å². The van der Waals surface area contributed by atoms with Crippen LogP contribution in [0.4, 0.5) is 13.2 Å². The molecule has 0 saturated heterocycles. The van der Waals surface area contributed by atoms with Crippen LogP contribution in [-0.2, 0) is 13.2 Å². The molecule has 2 nitrogen and oxygen atoms in total. The number of thiophene rings is 1. The maximum atomic E-state index is 13.0. The van der Waals surface area contributed by atoms with Gasteiger partial charge in [0.1, 0.15) is 0 Å². The highest BCUT2D eigenvalue weighted by Gasteiger charge is 2.37. The SMILES string of the molecule is Cc1cc2c(s1)c(C(F)(F)F)c(C)c(=O)n2C. The van der Waals surface area contributed by atoms with Gasteiger partial charge in [-0.3, -0.25) is 4.79 Å². The fraction of sp³-hybridized carbons (Fsp3) is 0.364. The monoisotopic (exact) mass is 261 g/mol. The summed E-state index contributed by atoms with van der Waals surface area (Å²) in [5.41, 5.74) is -1.29. The number of aromatic nitrogens is 1. The molecule has 0 N–H and O–H groups in total. The second-order valence-electron chi connectivity index (χ2n) is 3.93. The number of hydrogen-bond donors (Lipinski definition) is 0. The van der Waals surface area contributed by atoms with E-state index in [0.717, 1.165) is 16.2 Å². The van der Waals surface area contributed by atoms with Crippen molar-refractivity contribution in [1.82, 2.24) is 4.57 Å². The minimum Gasteiger partial charge on any atom is -0.310 e. The van der Waals surface area contributed by atoms with Crippen LogP contribution in [0.2, 0.25) is 0 Å². The topological polar surface area (TPSA) is 22.0 Å². The van der Waals surface area contributed by atoms with Crippen molar-refractivity contribution in [2.75, 3.05) is 0 Å². The van der Waals surface area contributed by atoms with Crippen LogP contribution >= 0.6 is 11.3 Å². The average Bonchev–Trinajstić information content (AvgIpc) is 2.54. The van der Waals surface area contributed by atoms with E-state index in [2.05, 4.69) is 0 Å². The zero-order valence-electron chi connectivity index (χ0n) is 9.47. The highest BCUT2D eigenvalue weighted by atomic mass is 32.1. The van der Waals surface area contributed by atoms with Crippen molar-refractivity contribution in [2.24, 2.45) is 7.05 Å². The smallest absolute Gasteiger partial charge is 0.310 e. The number of pyridine rings is 1. The molecule has 0 atom stereocenters. The lowest BCUT2D eigenvalue weighted by atomic mass is 10.1. The van der Waals surface area contributed by atoms with E-state index < -0.39 is 17.3 Å². The second-order valence-corrected chi connectivity index (χ2v) is 5.19. The summed E-state index contributed by atoms with van der Waals surface area (Å²) in [5, 5.41) is 0. The van der Waals surface area contributed by atoms with Crippen molar-refractivity contribution in [2.45, 2.75) is 20.0 Å². The van der Waals surface area contributed by atoms with Gasteiger partial charge in [-0.25, -0.2) is 0 Å². The molecule has 0 aliphatic heterocycles. The first-order valence-electron chi connectivity index (χ1n) is 4.90. The normalized spacial score (nSPS) is 12.4. The van der Waals surface area contributed by atoms with Crippen molar-refractivity contribution < 1.29 is 13.2 Å². The molecule has 2 rings (SSSR count). The number of aryl methyl sites for hydroxylation is 2. The van der Waals surface area contributed by atoms with Gasteiger partial charge in [-0.15, -0.1) is 11.3 Å². The lowest BCUT2D eigenvalue weighted by molar-refractivity contribution is -0.136. The van der Waals surface area contributed by atoms with Crippen molar-refractivity contribution in [3.63, 3.8) is 0 Å². The van der Waals surface area contributed by atoms with E-state index in [1.165, 1.54) is 18.5 Å². The summed E-state index contributed by atoms with van der Waals surface area (Å²) in [5.74, 6) is 0. The molecular formula is C11H10F3NOS. The van der Waals surface area contributed by atoms with E-state index in [1.54, 1.807) is 13.0 Å². The van der Waals surface area contributed by atoms with Gasteiger partial charge in [0, 0.05) is 17.5 Å². The van der Waals surface area contributed by atoms with E-state index in [1.807, 2.05) is 0 Å². The van der Waals surface area contributed by atoms with Crippen molar-refractivity contribution in [3.8, 4) is 0 Å². The Labute approximate surface area is 99.3 Å². The van der Waals surface area contributed by atoms with Crippen LogP contribution in [0.15, 0.2) is 10.9 Å². The third-order valence-corrected chi connectivity index (χ3v) is 3.77. The molecule has 0 saturated carbocycles. The summed E-state index contributed by atoms with van der Waals surface area (Å²) >= 11 is 1.06. The highest BCUT2D eigenvalue weighted by Crippen LogP contribution is 2.39. The molecule has 0 radical (unpaired) electrons. The average molecular weight is 261 g/mol. The van der Waals surface area contributed by atoms with Crippen LogP contribution in [0, 0.1) is 13.8 Å². The zero-order valence-corrected chi connectivity index (χ0v) is 10.3. The predicted molar refractivity (Wildman–Crippen MR) is 61.5 cm³/mol. The Morgan fingerprint density at radius 3 is 2.41 bits per heavy atom. The lowest BCUT2D eigenvalue weighted by Crippen LogP contribution is -2.24. The van der Waals surface area contributed by atoms with Crippen LogP contribution in [-0.4, -0.2) is 4.57 Å². The van der Waals surface area contributed by atoms with E-state index in [9.17, 15) is 18.0 Å². The molecule has 0 fully saturated rings. The second kappa shape index (κ2) is 3.60. The van der Waals surface area contributed by atoms with Crippen molar-refractivity contribution in [3.05, 3.63) is 32.4 Å². The molecular weight excluding hydrogens is 251 g/mol. The van der Waals surface area contributed by atoms with Crippen LogP contribution < -0.4 is 5.56 Å². The van der Waals surface area contributed by atoms with Crippen LogP contribution in [0.3, 0.4) is 0 Å². The van der Waals surface area contributed by atoms with Gasteiger partial charge in [-0.2, -0.15) is 13.2 Å². The highest BCUT2D eigenvalue weighted by molar-refractivity contribution is 7.19. The van der Waals surface area contributed by atoms with Gasteiger partial charge in [0.25, 0.3) is 5.56 Å². The largest absolute Gasteiger partial charge is 0.418 e. The Morgan fingerprint density at radius 1 is 1.29 bits per heavy atom. The van der Waals surface area contributed by atoms with Gasteiger partial charge < -0.3 is 4.57 Å². The summed E-state index contributed by atoms with van der Waals surface area (Å²) < 4.78 is 40.3. The number of fused-ring (bicyclic) bond motifs is 1. The van der Waals surface area contributed by atoms with E-state index in [0.29, 0.717) is 5.52 Å². The minimum atomic E-state index is -4.49. The molecule has 2 heterocycles. The standard InChI is InChI=1S/C11H10F3NOS/c1-5-4-7-9(17-5)8(11(12,13)14)6(2)10(16)15(7)3/h4H,1-3H3. The van der Waals surface area contributed by atoms with Gasteiger partial charge in [-0.1, -0.05) is 0 Å². The Balaban J connectivity index is 3.06. The number of rotatable bonds is 0. The molecule has 92 valence electrons. The lowest BCUT2D eigenvalue weighted by Gasteiger charge is -2.12. The third-order valence-electron chi connectivity index (χ3n) is 2.71. The van der Waals surface area contributed by atoms with Crippen molar-refractivity contribution in [1.29, 1.82) is 0 Å². The number of hydrogen-bond acceptors (Lipinski definition) is 2. The zero-order chi connectivity index (χ0) is 13.0. The quantitative estimate of drug-likeness (QED) is 0.713. The summed E-state index contributed by atoms with van der Waals surface area (Å²) in [6, 6.07) is 1.61. The first-order valence-corrected chi connectivity index (χ1v) is 5.72. The van der Waals surface area contributed by atoms with Crippen LogP contribution in [0.5, 0.6) is 0 Å². The number of alkyl halides is 3. The Hall–Kier alpha value is -1.30. The summed E-state index contributed by atoms with van der Waals surface area (Å²) in [7, 11) is 1.49. The Morgan fingerprint density at radius 2 is 1.88 bits per heavy atom. The fourth-order valence-electron chi connectivity index (χ4n) is 1.91. The molecule has 6 heteroatoms. The molecule has 0 aliphatic carbocycles. The van der Waals surface area contributed by atoms with E-state index in [-0.39, 0.29) is 10.3 Å². The van der Waals surface area contributed by atoms with E-state index in [4.69, 9.17) is 0 Å². The van der Waals surface area contributed by atoms with E-state index >= 15 is 0 Å². The first-order chi connectivity index (χ1) is 7.73. The van der Waals surface area contributed by atoms with Gasteiger partial charge in [0.15, 0.2) is 0 Å². The number of nitrogens with zero attached hydrogens (tertiary/aromatic N) is 1. The maximum absolute atomic E-state index is 13.0. The van der Waals surface area contributed by atoms with Gasteiger partial charge in [0.05, 0.1) is 15.8 Å². The summed E-state index contributed by atoms with van der Waals surface area (Å²) in [6.45, 7) is 2.95. The Kier molecular flexibility index (Phi) is 2.57. The molecule has 0 aromatic carbocycles. The van der Waals surface area contributed by atoms with Crippen molar-refractivity contribution >= 4 is 21.6 Å². The van der Waals surface area contributed by atoms with Gasteiger partial charge in [-0.05, 0) is 19.9 Å². The Bertz CT molecular complexity index is 651. The molecule has 2 aromatic rings. The molecule has 0 spiro atoms. The fourth-order valence-corrected chi connectivity index (χ4v) is 3.07. The van der Waals surface area contributed by atoms with Crippen LogP contribution in [0.25, 0.3) is 10.2 Å². The maximum Gasteiger partial charge on any atom is 0.418 e. The minimum absolute atomic E-state index is 0.134. The number of halogens is 3. The predicted octanol–water partition coefficient (Wildman–Crippen LogP) is 3.24. The van der Waals surface area contributed by atoms with Crippen LogP contribution in [0.1, 0.15) is 16.0 Å². The third kappa shape index (κ3) is 1.76. The molecule has 0 bridgehead atoms. The molecule has 0 unspecified atom stereocenters. The molecule has 0 amide bonds. The van der Waals surface area contributed by atoms with Gasteiger partial charge >= 0.3 is 6.18 Å². The first kappa shape index (κ1) is 12.2.